The van der Waals surface area contributed by atoms with Crippen molar-refractivity contribution in [1.29, 1.82) is 0 Å². The van der Waals surface area contributed by atoms with Gasteiger partial charge in [-0.1, -0.05) is 140 Å². The average Bonchev–Trinajstić information content (AvgIpc) is 3.87. The summed E-state index contributed by atoms with van der Waals surface area (Å²) in [4.78, 5) is 9.04. The van der Waals surface area contributed by atoms with Gasteiger partial charge in [-0.15, -0.1) is 11.3 Å². The first-order valence-electron chi connectivity index (χ1n) is 19.5. The highest BCUT2D eigenvalue weighted by Gasteiger charge is 2.24. The van der Waals surface area contributed by atoms with Crippen LogP contribution in [0.3, 0.4) is 0 Å². The van der Waals surface area contributed by atoms with Crippen LogP contribution in [0.15, 0.2) is 191 Å². The molecule has 0 saturated heterocycles. The van der Waals surface area contributed by atoms with Gasteiger partial charge in [0.25, 0.3) is 0 Å². The number of fused-ring (bicyclic) bond motifs is 6. The number of thiophene rings is 1. The summed E-state index contributed by atoms with van der Waals surface area (Å²) >= 11 is 1.92. The van der Waals surface area contributed by atoms with Crippen LogP contribution in [0.5, 0.6) is 0 Å². The number of hydrogen-bond donors (Lipinski definition) is 1. The molecule has 4 nitrogen and oxygen atoms in total. The van der Waals surface area contributed by atoms with E-state index in [2.05, 4.69) is 192 Å². The summed E-state index contributed by atoms with van der Waals surface area (Å²) in [6.45, 7) is 0. The number of para-hydroxylation sites is 2. The SMILES string of the molecule is C1=Cc2c(sc3ccc(N(c4ccccc4)c4ccc(-c5ccc(C6N=C(c7ccccc7)C=C(c7ccccc7)N6)cc5)c5c4oc4ccccc45)cc23)CC1. The van der Waals surface area contributed by atoms with Crippen molar-refractivity contribution in [3.8, 4) is 11.1 Å². The molecule has 1 aliphatic heterocycles. The van der Waals surface area contributed by atoms with Gasteiger partial charge in [0.1, 0.15) is 11.7 Å². The van der Waals surface area contributed by atoms with Crippen molar-refractivity contribution in [2.75, 3.05) is 4.90 Å². The Morgan fingerprint density at radius 3 is 2.19 bits per heavy atom. The molecule has 9 aromatic rings. The molecule has 0 amide bonds. The molecule has 2 aliphatic rings. The van der Waals surface area contributed by atoms with E-state index in [1.165, 1.54) is 20.5 Å². The van der Waals surface area contributed by atoms with E-state index in [1.807, 2.05) is 17.4 Å². The van der Waals surface area contributed by atoms with Crippen molar-refractivity contribution < 1.29 is 4.42 Å². The Morgan fingerprint density at radius 2 is 1.39 bits per heavy atom. The van der Waals surface area contributed by atoms with Gasteiger partial charge in [0.05, 0.1) is 11.4 Å². The first-order valence-corrected chi connectivity index (χ1v) is 20.4. The van der Waals surface area contributed by atoms with E-state index in [4.69, 9.17) is 9.41 Å². The van der Waals surface area contributed by atoms with E-state index in [-0.39, 0.29) is 6.17 Å². The molecule has 0 bridgehead atoms. The van der Waals surface area contributed by atoms with Crippen molar-refractivity contribution >= 4 is 77.9 Å². The lowest BCUT2D eigenvalue weighted by Gasteiger charge is -2.26. The minimum Gasteiger partial charge on any atom is -0.454 e. The molecule has 0 saturated carbocycles. The number of benzene rings is 7. The number of aryl methyl sites for hydroxylation is 1. The zero-order chi connectivity index (χ0) is 37.7. The second-order valence-corrected chi connectivity index (χ2v) is 15.8. The number of nitrogens with zero attached hydrogens (tertiary/aromatic N) is 2. The smallest absolute Gasteiger partial charge is 0.160 e. The second-order valence-electron chi connectivity index (χ2n) is 14.6. The standard InChI is InChI=1S/C52H37N3OS/c1-4-14-35(15-5-1)44-33-45(36-16-6-2-7-17-36)54-52(53-44)37-26-24-34(25-27-37)40-29-30-46(51-50(40)42-21-10-12-22-47(42)56-51)55(38-18-8-3-9-19-38)39-28-31-49-43(32-39)41-20-11-13-23-48(41)57-49/h1-12,14-22,24-33,52-53H,13,23H2. The highest BCUT2D eigenvalue weighted by atomic mass is 32.1. The Bertz CT molecular complexity index is 3030. The minimum absolute atomic E-state index is 0.243. The van der Waals surface area contributed by atoms with E-state index in [1.54, 1.807) is 0 Å². The first-order chi connectivity index (χ1) is 28.2. The molecule has 1 atom stereocenters. The predicted octanol–water partition coefficient (Wildman–Crippen LogP) is 14.0. The van der Waals surface area contributed by atoms with Crippen LogP contribution in [0.25, 0.3) is 54.9 Å². The van der Waals surface area contributed by atoms with Crippen molar-refractivity contribution in [3.63, 3.8) is 0 Å². The van der Waals surface area contributed by atoms with Crippen LogP contribution >= 0.6 is 11.3 Å². The molecular formula is C52H37N3OS. The minimum atomic E-state index is -0.243. The van der Waals surface area contributed by atoms with E-state index in [0.29, 0.717) is 0 Å². The number of furan rings is 1. The number of allylic oxidation sites excluding steroid dienone is 2. The summed E-state index contributed by atoms with van der Waals surface area (Å²) in [5.74, 6) is 0. The van der Waals surface area contributed by atoms with Gasteiger partial charge in [0, 0.05) is 42.8 Å². The largest absolute Gasteiger partial charge is 0.454 e. The Balaban J connectivity index is 1.03. The lowest BCUT2D eigenvalue weighted by molar-refractivity contribution is 0.664. The van der Waals surface area contributed by atoms with Crippen LogP contribution in [0.4, 0.5) is 17.1 Å². The van der Waals surface area contributed by atoms with Gasteiger partial charge < -0.3 is 14.6 Å². The summed E-state index contributed by atoms with van der Waals surface area (Å²) < 4.78 is 8.20. The third-order valence-corrected chi connectivity index (χ3v) is 12.4. The summed E-state index contributed by atoms with van der Waals surface area (Å²) in [6, 6.07) is 60.2. The molecule has 57 heavy (non-hydrogen) atoms. The number of hydrogen-bond acceptors (Lipinski definition) is 5. The molecule has 1 unspecified atom stereocenters. The third kappa shape index (κ3) is 5.95. The van der Waals surface area contributed by atoms with Gasteiger partial charge in [0.2, 0.25) is 0 Å². The van der Waals surface area contributed by atoms with Gasteiger partial charge in [-0.2, -0.15) is 0 Å². The fraction of sp³-hybridized carbons (Fsp3) is 0.0577. The van der Waals surface area contributed by atoms with Gasteiger partial charge in [0.15, 0.2) is 5.58 Å². The van der Waals surface area contributed by atoms with Crippen LogP contribution in [0, 0.1) is 0 Å². The fourth-order valence-electron chi connectivity index (χ4n) is 8.40. The molecule has 1 aliphatic carbocycles. The Hall–Kier alpha value is -6.95. The average molecular weight is 752 g/mol. The fourth-order valence-corrected chi connectivity index (χ4v) is 9.59. The van der Waals surface area contributed by atoms with E-state index in [0.717, 1.165) is 91.1 Å². The van der Waals surface area contributed by atoms with Crippen molar-refractivity contribution in [3.05, 3.63) is 209 Å². The monoisotopic (exact) mass is 751 g/mol. The van der Waals surface area contributed by atoms with Gasteiger partial charge in [-0.05, 0) is 94.8 Å². The molecule has 1 N–H and O–H groups in total. The Labute approximate surface area is 335 Å². The maximum atomic E-state index is 6.87. The lowest BCUT2D eigenvalue weighted by Crippen LogP contribution is -2.24. The van der Waals surface area contributed by atoms with Crippen LogP contribution in [0.1, 0.15) is 39.7 Å². The highest BCUT2D eigenvalue weighted by molar-refractivity contribution is 7.19. The molecule has 3 heterocycles. The summed E-state index contributed by atoms with van der Waals surface area (Å²) in [6.07, 6.45) is 8.74. The number of nitrogens with one attached hydrogen (secondary N) is 1. The Morgan fingerprint density at radius 1 is 0.649 bits per heavy atom. The van der Waals surface area contributed by atoms with Crippen molar-refractivity contribution in [1.82, 2.24) is 5.32 Å². The maximum Gasteiger partial charge on any atom is 0.160 e. The summed E-state index contributed by atoms with van der Waals surface area (Å²) in [7, 11) is 0. The van der Waals surface area contributed by atoms with Crippen molar-refractivity contribution in [2.24, 2.45) is 4.99 Å². The molecule has 5 heteroatoms. The normalized spacial score (nSPS) is 15.0. The molecule has 0 radical (unpaired) electrons. The highest BCUT2D eigenvalue weighted by Crippen LogP contribution is 2.47. The van der Waals surface area contributed by atoms with Gasteiger partial charge in [-0.25, -0.2) is 0 Å². The number of rotatable bonds is 7. The van der Waals surface area contributed by atoms with E-state index in [9.17, 15) is 0 Å². The van der Waals surface area contributed by atoms with Crippen LogP contribution in [-0.2, 0) is 6.42 Å². The number of anilines is 3. The maximum absolute atomic E-state index is 6.87. The molecule has 0 spiro atoms. The molecule has 2 aromatic heterocycles. The topological polar surface area (TPSA) is 40.8 Å². The van der Waals surface area contributed by atoms with Gasteiger partial charge in [-0.3, -0.25) is 4.99 Å². The molecule has 11 rings (SSSR count). The van der Waals surface area contributed by atoms with E-state index < -0.39 is 0 Å². The summed E-state index contributed by atoms with van der Waals surface area (Å²) in [5.41, 5.74) is 13.9. The van der Waals surface area contributed by atoms with Gasteiger partial charge >= 0.3 is 0 Å². The molecular weight excluding hydrogens is 715 g/mol. The zero-order valence-corrected chi connectivity index (χ0v) is 31.9. The number of aliphatic imine (C=N–C) groups is 1. The predicted molar refractivity (Wildman–Crippen MR) is 240 cm³/mol. The molecule has 7 aromatic carbocycles. The van der Waals surface area contributed by atoms with E-state index >= 15 is 0 Å². The van der Waals surface area contributed by atoms with Crippen LogP contribution in [0.2, 0.25) is 0 Å². The van der Waals surface area contributed by atoms with Crippen LogP contribution in [-0.4, -0.2) is 5.71 Å². The quantitative estimate of drug-likeness (QED) is 0.176. The lowest BCUT2D eigenvalue weighted by atomic mass is 9.96. The molecule has 272 valence electrons. The second kappa shape index (κ2) is 14.0. The zero-order valence-electron chi connectivity index (χ0n) is 31.1. The Kier molecular flexibility index (Phi) is 8.18. The van der Waals surface area contributed by atoms with Crippen LogP contribution < -0.4 is 10.2 Å². The first kappa shape index (κ1) is 33.4. The summed E-state index contributed by atoms with van der Waals surface area (Å²) in [5, 5.41) is 7.22. The van der Waals surface area contributed by atoms with Crippen molar-refractivity contribution in [2.45, 2.75) is 19.0 Å². The third-order valence-electron chi connectivity index (χ3n) is 11.2. The molecule has 0 fully saturated rings.